The van der Waals surface area contributed by atoms with Crippen molar-refractivity contribution in [3.05, 3.63) is 181 Å². The Labute approximate surface area is 514 Å². The van der Waals surface area contributed by atoms with Crippen molar-refractivity contribution in [1.82, 2.24) is 80.3 Å². The molecule has 25 nitrogen and oxygen atoms in total. The average Bonchev–Trinajstić information content (AvgIpc) is 1.62. The molecule has 0 spiro atoms. The molecule has 0 unspecified atom stereocenters. The normalized spacial score (nSPS) is 11.7. The van der Waals surface area contributed by atoms with Crippen molar-refractivity contribution >= 4 is 74.9 Å². The number of nitrogens with zero attached hydrogens (tertiary/aromatic N) is 12. The maximum atomic E-state index is 11.9. The van der Waals surface area contributed by atoms with Gasteiger partial charge >= 0.3 is 18.1 Å². The Hall–Kier alpha value is -12.5. The second-order valence-electron chi connectivity index (χ2n) is 20.4. The Morgan fingerprint density at radius 2 is 1.08 bits per heavy atom. The molecule has 7 aromatic heterocycles. The minimum atomic E-state index is -0.342. The molecule has 0 atom stereocenters. The quantitative estimate of drug-likeness (QED) is 0.0490. The number of urea groups is 3. The first-order valence-corrected chi connectivity index (χ1v) is 28.9. The van der Waals surface area contributed by atoms with Crippen LogP contribution in [0.15, 0.2) is 165 Å². The van der Waals surface area contributed by atoms with E-state index in [-0.39, 0.29) is 24.0 Å². The van der Waals surface area contributed by atoms with Crippen molar-refractivity contribution in [3.8, 4) is 68.2 Å². The number of fused-ring (bicyclic) bond motifs is 3. The number of nitriles is 2. The molecule has 25 heteroatoms. The highest BCUT2D eigenvalue weighted by molar-refractivity contribution is 5.99. The smallest absolute Gasteiger partial charge is 0.321 e. The fraction of sp³-hybridized carbons (Fsp3) is 0.154. The number of H-pyrrole nitrogens is 3. The van der Waals surface area contributed by atoms with Gasteiger partial charge in [0.15, 0.2) is 0 Å². The monoisotopic (exact) mass is 1200 g/mol. The molecule has 12 aromatic rings. The van der Waals surface area contributed by atoms with Crippen LogP contribution in [-0.4, -0.2) is 115 Å². The van der Waals surface area contributed by atoms with Crippen LogP contribution in [0.3, 0.4) is 0 Å². The lowest BCUT2D eigenvalue weighted by molar-refractivity contribution is -0.128. The summed E-state index contributed by atoms with van der Waals surface area (Å²) in [5.41, 5.74) is 15.1. The minimum Gasteiger partial charge on any atom is -0.338 e. The van der Waals surface area contributed by atoms with E-state index in [1.54, 1.807) is 58.5 Å². The summed E-state index contributed by atoms with van der Waals surface area (Å²) in [6, 6.07) is 41.7. The van der Waals surface area contributed by atoms with E-state index in [1.165, 1.54) is 0 Å². The van der Waals surface area contributed by atoms with Gasteiger partial charge in [-0.1, -0.05) is 42.5 Å². The lowest BCUT2D eigenvalue weighted by Crippen LogP contribution is -2.28. The van der Waals surface area contributed by atoms with Gasteiger partial charge in [0.1, 0.15) is 11.0 Å². The van der Waals surface area contributed by atoms with Gasteiger partial charge in [-0.3, -0.25) is 30.7 Å². The Kier molecular flexibility index (Phi) is 17.9. The van der Waals surface area contributed by atoms with Gasteiger partial charge in [-0.05, 0) is 139 Å². The maximum absolute atomic E-state index is 11.9. The third-order valence-corrected chi connectivity index (χ3v) is 14.2. The molecule has 1 saturated heterocycles. The Balaban J connectivity index is 0.000000139. The van der Waals surface area contributed by atoms with Crippen LogP contribution in [0.5, 0.6) is 0 Å². The summed E-state index contributed by atoms with van der Waals surface area (Å²) in [5.74, 6) is 1.26. The van der Waals surface area contributed by atoms with Gasteiger partial charge in [-0.2, -0.15) is 20.7 Å². The van der Waals surface area contributed by atoms with Crippen molar-refractivity contribution in [2.24, 2.45) is 0 Å². The summed E-state index contributed by atoms with van der Waals surface area (Å²) in [6.45, 7) is 8.56. The number of rotatable bonds is 14. The topological polar surface area (TPSA) is 339 Å². The Morgan fingerprint density at radius 3 is 1.59 bits per heavy atom. The van der Waals surface area contributed by atoms with E-state index in [9.17, 15) is 29.7 Å². The molecule has 1 fully saturated rings. The van der Waals surface area contributed by atoms with Gasteiger partial charge in [-0.15, -0.1) is 0 Å². The molecule has 5 aromatic carbocycles. The zero-order chi connectivity index (χ0) is 62.5. The molecule has 8 heterocycles. The van der Waals surface area contributed by atoms with Gasteiger partial charge < -0.3 is 35.8 Å². The molecule has 90 heavy (non-hydrogen) atoms. The molecule has 0 radical (unpaired) electrons. The first kappa shape index (κ1) is 59.2. The predicted molar refractivity (Wildman–Crippen MR) is 342 cm³/mol. The van der Waals surface area contributed by atoms with Crippen molar-refractivity contribution in [3.63, 3.8) is 0 Å². The number of pyridine rings is 2. The van der Waals surface area contributed by atoms with Crippen LogP contribution in [0.2, 0.25) is 0 Å². The summed E-state index contributed by atoms with van der Waals surface area (Å²) in [7, 11) is 0. The zero-order valence-electron chi connectivity index (χ0n) is 49.0. The molecule has 0 saturated carbocycles. The summed E-state index contributed by atoms with van der Waals surface area (Å²) in [4.78, 5) is 81.2. The highest BCUT2D eigenvalue weighted by atomic mass is 16.2. The van der Waals surface area contributed by atoms with Gasteiger partial charge in [0.05, 0.1) is 62.4 Å². The molecule has 7 amide bonds. The lowest BCUT2D eigenvalue weighted by atomic mass is 10.0. The standard InChI is InChI=1S/C24H25N7O2.C21H17N7O.C20H17N7O/c1-2-25-24(33)29-23-27-19-13-18(14-20(22(19)28-23)31-12-4-10-26-31)17-8-6-16(7-9-17)15-30-11-3-5-21(30)32;1-2-24-21(29)28-20-26-18-10-15(14-4-3-6-23-12-14)9-16(19(18)27-20)17-8-13(11-22)5-7-25-17;1-2-22-20(28)26-19-24-16-10-15(14-6-3-5-13(9-14)12-21)11-17(18(16)25-19)27-8-4-7-23-27/h4,6-10,12-14H,2-3,5,11,15H2,1H3,(H3,25,27,28,29,33);3-10,12H,2H2,1H3,(H3,24,26,27,28,29);3-11H,2H2,1H3,(H3,22,24,25,26,28). The lowest BCUT2D eigenvalue weighted by Gasteiger charge is -2.15. The van der Waals surface area contributed by atoms with Crippen LogP contribution in [0.25, 0.3) is 89.1 Å². The van der Waals surface area contributed by atoms with Crippen LogP contribution >= 0.6 is 0 Å². The number of nitrogens with one attached hydrogen (secondary N) is 9. The Morgan fingerprint density at radius 1 is 0.544 bits per heavy atom. The average molecular weight is 1200 g/mol. The minimum absolute atomic E-state index is 0.227. The van der Waals surface area contributed by atoms with Gasteiger partial charge in [-0.25, -0.2) is 38.7 Å². The number of benzene rings is 5. The number of carbonyl (C=O) groups is 4. The summed E-state index contributed by atoms with van der Waals surface area (Å²) in [5, 5.41) is 43.3. The third-order valence-electron chi connectivity index (χ3n) is 14.2. The van der Waals surface area contributed by atoms with Crippen LogP contribution in [0.4, 0.5) is 32.2 Å². The summed E-state index contributed by atoms with van der Waals surface area (Å²) in [6.07, 6.45) is 13.8. The molecule has 448 valence electrons. The molecular formula is C65H59N21O4. The maximum Gasteiger partial charge on any atom is 0.321 e. The van der Waals surface area contributed by atoms with Crippen molar-refractivity contribution in [2.75, 3.05) is 42.1 Å². The summed E-state index contributed by atoms with van der Waals surface area (Å²) >= 11 is 0. The van der Waals surface area contributed by atoms with E-state index < -0.39 is 0 Å². The highest BCUT2D eigenvalue weighted by Crippen LogP contribution is 2.35. The molecule has 9 N–H and O–H groups in total. The summed E-state index contributed by atoms with van der Waals surface area (Å²) < 4.78 is 3.48. The molecule has 1 aliphatic rings. The van der Waals surface area contributed by atoms with Crippen LogP contribution in [0, 0.1) is 22.7 Å². The second-order valence-corrected chi connectivity index (χ2v) is 20.4. The molecule has 0 bridgehead atoms. The largest absolute Gasteiger partial charge is 0.338 e. The number of hydrogen-bond acceptors (Lipinski definition) is 13. The van der Waals surface area contributed by atoms with Crippen molar-refractivity contribution in [2.45, 2.75) is 40.2 Å². The van der Waals surface area contributed by atoms with Crippen molar-refractivity contribution in [1.29, 1.82) is 10.5 Å². The fourth-order valence-corrected chi connectivity index (χ4v) is 10.1. The SMILES string of the molecule is CCNC(=O)Nc1nc2c(-c3cc(C#N)ccn3)cc(-c3cccnc3)cc2[nH]1.CCNC(=O)Nc1nc2c(-n3cccn3)cc(-c3ccc(CN4CCCC4=O)cc3)cc2[nH]1.CCNC(=O)Nc1nc2c(-n3cccn3)cc(-c3cccc(C#N)c3)cc2[nH]1. The number of aromatic nitrogens is 12. The second kappa shape index (κ2) is 27.2. The number of carbonyl (C=O) groups excluding carboxylic acids is 4. The number of anilines is 3. The number of likely N-dealkylation sites (tertiary alicyclic amines) is 1. The molecule has 13 rings (SSSR count). The first-order valence-electron chi connectivity index (χ1n) is 28.9. The number of imidazole rings is 3. The molecule has 1 aliphatic heterocycles. The van der Waals surface area contributed by atoms with Crippen LogP contribution < -0.4 is 31.9 Å². The predicted octanol–water partition coefficient (Wildman–Crippen LogP) is 10.8. The number of hydrogen-bond donors (Lipinski definition) is 9. The highest BCUT2D eigenvalue weighted by Gasteiger charge is 2.21. The van der Waals surface area contributed by atoms with Crippen LogP contribution in [-0.2, 0) is 11.3 Å². The molecule has 0 aliphatic carbocycles. The number of aromatic amines is 3. The van der Waals surface area contributed by atoms with E-state index >= 15 is 0 Å². The molecular weight excluding hydrogens is 1140 g/mol. The zero-order valence-corrected chi connectivity index (χ0v) is 49.0. The first-order chi connectivity index (χ1) is 43.9. The van der Waals surface area contributed by atoms with Gasteiger partial charge in [0.2, 0.25) is 23.8 Å². The van der Waals surface area contributed by atoms with Crippen molar-refractivity contribution < 1.29 is 19.2 Å². The van der Waals surface area contributed by atoms with Gasteiger partial charge in [0.25, 0.3) is 0 Å². The van der Waals surface area contributed by atoms with Gasteiger partial charge in [0, 0.05) is 93.6 Å². The van der Waals surface area contributed by atoms with E-state index in [2.05, 4.69) is 118 Å². The van der Waals surface area contributed by atoms with E-state index in [4.69, 9.17) is 0 Å². The van der Waals surface area contributed by atoms with E-state index in [0.29, 0.717) is 83.8 Å². The fourth-order valence-electron chi connectivity index (χ4n) is 10.1. The van der Waals surface area contributed by atoms with E-state index in [0.717, 1.165) is 85.4 Å². The Bertz CT molecular complexity index is 4640. The third kappa shape index (κ3) is 13.8. The van der Waals surface area contributed by atoms with Crippen LogP contribution in [0.1, 0.15) is 50.3 Å². The van der Waals surface area contributed by atoms with E-state index in [1.807, 2.05) is 117 Å². The number of amides is 7.